The molecule has 6 aromatic rings. The quantitative estimate of drug-likeness (QED) is 0.158. The van der Waals surface area contributed by atoms with E-state index in [0.717, 1.165) is 37.0 Å². The largest absolute Gasteiger partial charge is 0.418 e. The van der Waals surface area contributed by atoms with Gasteiger partial charge < -0.3 is 9.30 Å². The lowest BCUT2D eigenvalue weighted by atomic mass is 10.1. The van der Waals surface area contributed by atoms with Crippen LogP contribution in [0.1, 0.15) is 19.3 Å². The number of ether oxygens (including phenoxy) is 1. The molecule has 0 radical (unpaired) electrons. The van der Waals surface area contributed by atoms with E-state index in [0.29, 0.717) is 34.6 Å². The number of nitro benzene ring substituents is 1. The number of para-hydroxylation sites is 6. The molecule has 10 nitrogen and oxygen atoms in total. The van der Waals surface area contributed by atoms with Crippen LogP contribution in [0.4, 0.5) is 5.69 Å². The summed E-state index contributed by atoms with van der Waals surface area (Å²) in [4.78, 5) is 37.6. The highest BCUT2D eigenvalue weighted by Gasteiger charge is 2.24. The molecular weight excluding hydrogens is 544 g/mol. The fraction of sp³-hybridized carbons (Fsp3) is 0.182. The van der Waals surface area contributed by atoms with Gasteiger partial charge in [0.2, 0.25) is 5.75 Å². The first kappa shape index (κ1) is 26.5. The third-order valence-corrected chi connectivity index (χ3v) is 7.84. The Morgan fingerprint density at radius 2 is 1.49 bits per heavy atom. The van der Waals surface area contributed by atoms with Gasteiger partial charge in [0.25, 0.3) is 5.56 Å². The number of fused-ring (bicyclic) bond motifs is 2. The zero-order chi connectivity index (χ0) is 29.3. The van der Waals surface area contributed by atoms with E-state index in [9.17, 15) is 14.9 Å². The van der Waals surface area contributed by atoms with Gasteiger partial charge >= 0.3 is 11.7 Å². The van der Waals surface area contributed by atoms with Crippen LogP contribution >= 0.6 is 0 Å². The third kappa shape index (κ3) is 4.91. The van der Waals surface area contributed by atoms with Crippen molar-refractivity contribution in [1.82, 2.24) is 24.0 Å². The SMILES string of the molecule is O=c1c2ccccc2nc(Oc2ccccc2[N+](=O)[O-])n1-c1ccccc1-c1nc2ccccc2n1CN1CCCCC1. The average Bonchev–Trinajstić information content (AvgIpc) is 3.40. The molecule has 7 rings (SSSR count). The molecule has 0 N–H and O–H groups in total. The van der Waals surface area contributed by atoms with E-state index in [1.54, 1.807) is 36.4 Å². The number of rotatable bonds is 7. The average molecular weight is 573 g/mol. The van der Waals surface area contributed by atoms with Crippen molar-refractivity contribution < 1.29 is 9.66 Å². The van der Waals surface area contributed by atoms with Crippen molar-refractivity contribution in [2.75, 3.05) is 13.1 Å². The molecule has 0 aliphatic carbocycles. The summed E-state index contributed by atoms with van der Waals surface area (Å²) < 4.78 is 9.71. The van der Waals surface area contributed by atoms with E-state index in [2.05, 4.69) is 20.5 Å². The Labute approximate surface area is 246 Å². The molecule has 0 spiro atoms. The Bertz CT molecular complexity index is 2040. The number of likely N-dealkylation sites (tertiary alicyclic amines) is 1. The number of piperidine rings is 1. The van der Waals surface area contributed by atoms with Crippen LogP contribution in [-0.4, -0.2) is 42.0 Å². The molecule has 3 heterocycles. The summed E-state index contributed by atoms with van der Waals surface area (Å²) in [6.45, 7) is 2.68. The number of hydrogen-bond donors (Lipinski definition) is 0. The monoisotopic (exact) mass is 572 g/mol. The van der Waals surface area contributed by atoms with E-state index in [1.807, 2.05) is 42.5 Å². The maximum atomic E-state index is 14.2. The molecular formula is C33H28N6O4. The molecule has 0 unspecified atom stereocenters. The number of hydrogen-bond acceptors (Lipinski definition) is 7. The molecule has 2 aromatic heterocycles. The number of benzene rings is 4. The Hall–Kier alpha value is -5.35. The first-order valence-electron chi connectivity index (χ1n) is 14.3. The summed E-state index contributed by atoms with van der Waals surface area (Å²) in [5.41, 5.74) is 2.91. The highest BCUT2D eigenvalue weighted by Crippen LogP contribution is 2.35. The number of nitrogens with zero attached hydrogens (tertiary/aromatic N) is 6. The normalized spacial score (nSPS) is 13.9. The fourth-order valence-electron chi connectivity index (χ4n) is 5.77. The molecule has 214 valence electrons. The predicted molar refractivity (Wildman–Crippen MR) is 165 cm³/mol. The van der Waals surface area contributed by atoms with Gasteiger partial charge in [-0.05, 0) is 68.4 Å². The second-order valence-corrected chi connectivity index (χ2v) is 10.6. The lowest BCUT2D eigenvalue weighted by Crippen LogP contribution is -2.32. The van der Waals surface area contributed by atoms with Crippen LogP contribution in [-0.2, 0) is 6.67 Å². The van der Waals surface area contributed by atoms with Crippen LogP contribution in [0.3, 0.4) is 0 Å². The van der Waals surface area contributed by atoms with Gasteiger partial charge in [-0.15, -0.1) is 0 Å². The summed E-state index contributed by atoms with van der Waals surface area (Å²) in [5.74, 6) is 0.692. The Kier molecular flexibility index (Phi) is 6.88. The summed E-state index contributed by atoms with van der Waals surface area (Å²) in [6, 6.07) is 28.5. The molecule has 43 heavy (non-hydrogen) atoms. The summed E-state index contributed by atoms with van der Waals surface area (Å²) >= 11 is 0. The second kappa shape index (κ2) is 11.1. The van der Waals surface area contributed by atoms with Crippen LogP contribution in [0.25, 0.3) is 39.0 Å². The topological polar surface area (TPSA) is 108 Å². The van der Waals surface area contributed by atoms with Crippen molar-refractivity contribution in [3.05, 3.63) is 118 Å². The minimum atomic E-state index is -0.518. The standard InChI is InChI=1S/C33H28N6O4/c40-32-23-12-2-4-14-25(23)35-33(43-30-19-9-8-18-29(30)39(41)42)38(32)27-16-6-3-13-24(27)31-34-26-15-5-7-17-28(26)37(31)22-36-20-10-1-11-21-36/h2-9,12-19H,1,10-11,20-22H2. The van der Waals surface area contributed by atoms with E-state index in [4.69, 9.17) is 9.72 Å². The van der Waals surface area contributed by atoms with Crippen LogP contribution < -0.4 is 10.3 Å². The van der Waals surface area contributed by atoms with E-state index >= 15 is 0 Å². The van der Waals surface area contributed by atoms with Crippen LogP contribution in [0.2, 0.25) is 0 Å². The van der Waals surface area contributed by atoms with E-state index in [-0.39, 0.29) is 23.0 Å². The maximum absolute atomic E-state index is 14.2. The second-order valence-electron chi connectivity index (χ2n) is 10.6. The lowest BCUT2D eigenvalue weighted by molar-refractivity contribution is -0.385. The van der Waals surface area contributed by atoms with Crippen LogP contribution in [0.5, 0.6) is 11.8 Å². The van der Waals surface area contributed by atoms with Crippen LogP contribution in [0, 0.1) is 10.1 Å². The summed E-state index contributed by atoms with van der Waals surface area (Å²) in [6.07, 6.45) is 3.54. The van der Waals surface area contributed by atoms with Crippen molar-refractivity contribution in [2.24, 2.45) is 0 Å². The minimum Gasteiger partial charge on any atom is -0.418 e. The van der Waals surface area contributed by atoms with Crippen molar-refractivity contribution in [1.29, 1.82) is 0 Å². The zero-order valence-corrected chi connectivity index (χ0v) is 23.3. The molecule has 0 bridgehead atoms. The molecule has 1 fully saturated rings. The number of nitro groups is 1. The third-order valence-electron chi connectivity index (χ3n) is 7.84. The number of imidazole rings is 1. The highest BCUT2D eigenvalue weighted by atomic mass is 16.6. The van der Waals surface area contributed by atoms with Crippen molar-refractivity contribution in [2.45, 2.75) is 25.9 Å². The van der Waals surface area contributed by atoms with Crippen molar-refractivity contribution in [3.63, 3.8) is 0 Å². The van der Waals surface area contributed by atoms with Gasteiger partial charge in [-0.3, -0.25) is 19.8 Å². The Morgan fingerprint density at radius 1 is 0.791 bits per heavy atom. The minimum absolute atomic E-state index is 0.0155. The van der Waals surface area contributed by atoms with Gasteiger partial charge in [-0.2, -0.15) is 4.98 Å². The number of aromatic nitrogens is 4. The molecule has 1 aliphatic heterocycles. The first-order valence-corrected chi connectivity index (χ1v) is 14.3. The molecule has 0 saturated carbocycles. The van der Waals surface area contributed by atoms with E-state index in [1.165, 1.54) is 23.1 Å². The van der Waals surface area contributed by atoms with Gasteiger partial charge in [-0.25, -0.2) is 9.55 Å². The van der Waals surface area contributed by atoms with Gasteiger partial charge in [-0.1, -0.05) is 55.0 Å². The summed E-state index contributed by atoms with van der Waals surface area (Å²) in [7, 11) is 0. The lowest BCUT2D eigenvalue weighted by Gasteiger charge is -2.28. The molecule has 0 atom stereocenters. The predicted octanol–water partition coefficient (Wildman–Crippen LogP) is 6.55. The molecule has 10 heteroatoms. The fourth-order valence-corrected chi connectivity index (χ4v) is 5.77. The molecule has 0 amide bonds. The maximum Gasteiger partial charge on any atom is 0.311 e. The molecule has 4 aromatic carbocycles. The van der Waals surface area contributed by atoms with Crippen molar-refractivity contribution in [3.8, 4) is 28.8 Å². The van der Waals surface area contributed by atoms with Crippen LogP contribution in [0.15, 0.2) is 102 Å². The zero-order valence-electron chi connectivity index (χ0n) is 23.3. The Morgan fingerprint density at radius 3 is 2.33 bits per heavy atom. The van der Waals surface area contributed by atoms with Gasteiger partial charge in [0.05, 0.1) is 39.2 Å². The highest BCUT2D eigenvalue weighted by molar-refractivity contribution is 5.84. The Balaban J connectivity index is 1.46. The van der Waals surface area contributed by atoms with Gasteiger partial charge in [0.15, 0.2) is 0 Å². The molecule has 1 aliphatic rings. The first-order chi connectivity index (χ1) is 21.1. The summed E-state index contributed by atoms with van der Waals surface area (Å²) in [5, 5.41) is 12.2. The van der Waals surface area contributed by atoms with Gasteiger partial charge in [0.1, 0.15) is 5.82 Å². The van der Waals surface area contributed by atoms with Gasteiger partial charge in [0, 0.05) is 11.6 Å². The smallest absolute Gasteiger partial charge is 0.311 e. The molecule has 1 saturated heterocycles. The van der Waals surface area contributed by atoms with E-state index < -0.39 is 4.92 Å². The van der Waals surface area contributed by atoms with Crippen molar-refractivity contribution >= 4 is 27.6 Å².